The third-order valence-electron chi connectivity index (χ3n) is 7.83. The van der Waals surface area contributed by atoms with Crippen molar-refractivity contribution >= 4 is 63.9 Å². The summed E-state index contributed by atoms with van der Waals surface area (Å²) >= 11 is 1.21. The normalized spacial score (nSPS) is 14.6. The number of amides is 4. The Morgan fingerprint density at radius 2 is 1.62 bits per heavy atom. The Morgan fingerprint density at radius 3 is 2.40 bits per heavy atom. The van der Waals surface area contributed by atoms with Gasteiger partial charge in [-0.05, 0) is 90.5 Å². The SMILES string of the molecule is O=C(Nc1cccc(S[C@@H]2CC(=O)N(c3ccc(-c4nc5ccccc5o4)cc3)C2=O)c1)/C(=C/c1cccc(F)c1)NC(=O)c1ccccc1. The van der Waals surface area contributed by atoms with Crippen LogP contribution in [0.2, 0.25) is 0 Å². The Balaban J connectivity index is 1.04. The first-order valence-corrected chi connectivity index (χ1v) is 16.4. The van der Waals surface area contributed by atoms with E-state index in [0.29, 0.717) is 44.4 Å². The highest BCUT2D eigenvalue weighted by molar-refractivity contribution is 8.00. The predicted molar refractivity (Wildman–Crippen MR) is 190 cm³/mol. The molecule has 0 saturated carbocycles. The standard InChI is InChI=1S/C39H27FN4O5S/c40-27-11-6-8-24(20-27)21-32(42-36(46)25-9-2-1-3-10-25)37(47)41-28-12-7-13-30(22-28)50-34-23-35(45)44(39(34)48)29-18-16-26(17-19-29)38-43-31-14-4-5-15-33(31)49-38/h1-22,34H,23H2,(H,41,47)(H,42,46)/b32-21-/t34-/m1/s1. The molecule has 2 heterocycles. The maximum Gasteiger partial charge on any atom is 0.272 e. The van der Waals surface area contributed by atoms with E-state index in [-0.39, 0.29) is 23.9 Å². The molecule has 1 saturated heterocycles. The number of carbonyl (C=O) groups excluding carboxylic acids is 4. The largest absolute Gasteiger partial charge is 0.436 e. The molecule has 9 nitrogen and oxygen atoms in total. The second kappa shape index (κ2) is 14.0. The molecule has 246 valence electrons. The summed E-state index contributed by atoms with van der Waals surface area (Å²) in [6, 6.07) is 35.2. The number of fused-ring (bicyclic) bond motifs is 1. The number of nitrogens with one attached hydrogen (secondary N) is 2. The van der Waals surface area contributed by atoms with E-state index < -0.39 is 22.9 Å². The number of thioether (sulfide) groups is 1. The van der Waals surface area contributed by atoms with Gasteiger partial charge in [-0.15, -0.1) is 11.8 Å². The van der Waals surface area contributed by atoms with Crippen LogP contribution in [0.25, 0.3) is 28.6 Å². The molecule has 4 amide bonds. The molecule has 1 aromatic heterocycles. The fourth-order valence-electron chi connectivity index (χ4n) is 5.43. The monoisotopic (exact) mass is 682 g/mol. The summed E-state index contributed by atoms with van der Waals surface area (Å²) in [6.07, 6.45) is 1.38. The van der Waals surface area contributed by atoms with Gasteiger partial charge in [-0.25, -0.2) is 14.3 Å². The summed E-state index contributed by atoms with van der Waals surface area (Å²) in [5, 5.41) is 4.73. The minimum Gasteiger partial charge on any atom is -0.436 e. The van der Waals surface area contributed by atoms with Crippen molar-refractivity contribution in [2.24, 2.45) is 0 Å². The molecule has 6 aromatic rings. The molecule has 5 aromatic carbocycles. The molecule has 0 aliphatic carbocycles. The number of hydrogen-bond acceptors (Lipinski definition) is 7. The number of benzene rings is 5. The zero-order valence-electron chi connectivity index (χ0n) is 26.2. The van der Waals surface area contributed by atoms with E-state index in [1.165, 1.54) is 40.9 Å². The summed E-state index contributed by atoms with van der Waals surface area (Å²) < 4.78 is 19.8. The lowest BCUT2D eigenvalue weighted by atomic mass is 10.1. The van der Waals surface area contributed by atoms with Gasteiger partial charge in [0.2, 0.25) is 17.7 Å². The number of nitrogens with zero attached hydrogens (tertiary/aromatic N) is 2. The molecule has 50 heavy (non-hydrogen) atoms. The molecule has 1 atom stereocenters. The number of rotatable bonds is 9. The van der Waals surface area contributed by atoms with E-state index in [2.05, 4.69) is 15.6 Å². The van der Waals surface area contributed by atoms with Crippen LogP contribution in [0.3, 0.4) is 0 Å². The third-order valence-corrected chi connectivity index (χ3v) is 9.01. The van der Waals surface area contributed by atoms with Crippen LogP contribution in [0.5, 0.6) is 0 Å². The second-order valence-electron chi connectivity index (χ2n) is 11.3. The minimum absolute atomic E-state index is 0.000986. The highest BCUT2D eigenvalue weighted by atomic mass is 32.2. The van der Waals surface area contributed by atoms with Crippen molar-refractivity contribution in [3.05, 3.63) is 150 Å². The van der Waals surface area contributed by atoms with Crippen LogP contribution in [-0.4, -0.2) is 33.9 Å². The topological polar surface area (TPSA) is 122 Å². The van der Waals surface area contributed by atoms with Gasteiger partial charge >= 0.3 is 0 Å². The molecule has 2 N–H and O–H groups in total. The van der Waals surface area contributed by atoms with Gasteiger partial charge in [-0.3, -0.25) is 19.2 Å². The van der Waals surface area contributed by atoms with E-state index in [0.717, 1.165) is 5.52 Å². The van der Waals surface area contributed by atoms with E-state index >= 15 is 0 Å². The number of carbonyl (C=O) groups is 4. The lowest BCUT2D eigenvalue weighted by molar-refractivity contribution is -0.121. The molecular weight excluding hydrogens is 656 g/mol. The Bertz CT molecular complexity index is 2250. The lowest BCUT2D eigenvalue weighted by Gasteiger charge is -2.15. The van der Waals surface area contributed by atoms with Crippen molar-refractivity contribution in [3.63, 3.8) is 0 Å². The molecule has 1 aliphatic rings. The summed E-state index contributed by atoms with van der Waals surface area (Å²) in [6.45, 7) is 0. The number of aromatic nitrogens is 1. The first-order chi connectivity index (χ1) is 24.3. The fraction of sp³-hybridized carbons (Fsp3) is 0.0513. The average molecular weight is 683 g/mol. The number of hydrogen-bond donors (Lipinski definition) is 2. The molecule has 0 spiro atoms. The number of anilines is 2. The Labute approximate surface area is 289 Å². The van der Waals surface area contributed by atoms with E-state index in [1.807, 2.05) is 24.3 Å². The third kappa shape index (κ3) is 7.08. The van der Waals surface area contributed by atoms with Crippen LogP contribution in [0.1, 0.15) is 22.3 Å². The van der Waals surface area contributed by atoms with Crippen LogP contribution >= 0.6 is 11.8 Å². The summed E-state index contributed by atoms with van der Waals surface area (Å²) in [7, 11) is 0. The molecule has 1 aliphatic heterocycles. The molecule has 7 rings (SSSR count). The zero-order chi connectivity index (χ0) is 34.6. The van der Waals surface area contributed by atoms with Gasteiger partial charge in [0, 0.05) is 28.1 Å². The quantitative estimate of drug-likeness (QED) is 0.120. The van der Waals surface area contributed by atoms with Gasteiger partial charge in [0.25, 0.3) is 11.8 Å². The van der Waals surface area contributed by atoms with Crippen molar-refractivity contribution in [2.45, 2.75) is 16.6 Å². The first kappa shape index (κ1) is 32.2. The molecule has 0 unspecified atom stereocenters. The molecule has 11 heteroatoms. The molecular formula is C39H27FN4O5S. The highest BCUT2D eigenvalue weighted by Crippen LogP contribution is 2.36. The molecule has 0 radical (unpaired) electrons. The van der Waals surface area contributed by atoms with Crippen molar-refractivity contribution in [3.8, 4) is 11.5 Å². The van der Waals surface area contributed by atoms with Gasteiger partial charge in [-0.1, -0.05) is 48.5 Å². The van der Waals surface area contributed by atoms with Gasteiger partial charge in [0.15, 0.2) is 5.58 Å². The van der Waals surface area contributed by atoms with Gasteiger partial charge in [-0.2, -0.15) is 0 Å². The van der Waals surface area contributed by atoms with Crippen molar-refractivity contribution in [1.82, 2.24) is 10.3 Å². The first-order valence-electron chi connectivity index (χ1n) is 15.6. The number of halogens is 1. The lowest BCUT2D eigenvalue weighted by Crippen LogP contribution is -2.31. The van der Waals surface area contributed by atoms with E-state index in [4.69, 9.17) is 4.42 Å². The van der Waals surface area contributed by atoms with Crippen molar-refractivity contribution in [1.29, 1.82) is 0 Å². The predicted octanol–water partition coefficient (Wildman–Crippen LogP) is 7.47. The smallest absolute Gasteiger partial charge is 0.272 e. The van der Waals surface area contributed by atoms with E-state index in [9.17, 15) is 23.6 Å². The number of oxazole rings is 1. The van der Waals surface area contributed by atoms with Crippen molar-refractivity contribution in [2.75, 3.05) is 10.2 Å². The Kier molecular flexibility index (Phi) is 9.04. The Morgan fingerprint density at radius 1 is 0.860 bits per heavy atom. The van der Waals surface area contributed by atoms with Crippen LogP contribution in [-0.2, 0) is 14.4 Å². The molecule has 0 bridgehead atoms. The summed E-state index contributed by atoms with van der Waals surface area (Å²) in [5.41, 5.74) is 3.56. The number of imide groups is 1. The average Bonchev–Trinajstić information content (AvgIpc) is 3.68. The van der Waals surface area contributed by atoms with Crippen LogP contribution in [0.15, 0.2) is 142 Å². The molecule has 1 fully saturated rings. The van der Waals surface area contributed by atoms with Crippen LogP contribution < -0.4 is 15.5 Å². The van der Waals surface area contributed by atoms with E-state index in [1.54, 1.807) is 84.9 Å². The zero-order valence-corrected chi connectivity index (χ0v) is 27.0. The summed E-state index contributed by atoms with van der Waals surface area (Å²) in [4.78, 5) is 59.3. The van der Waals surface area contributed by atoms with Gasteiger partial charge in [0.1, 0.15) is 17.0 Å². The summed E-state index contributed by atoms with van der Waals surface area (Å²) in [5.74, 6) is -1.89. The van der Waals surface area contributed by atoms with Crippen molar-refractivity contribution < 1.29 is 28.0 Å². The minimum atomic E-state index is -0.682. The fourth-order valence-corrected chi connectivity index (χ4v) is 6.54. The highest BCUT2D eigenvalue weighted by Gasteiger charge is 2.40. The number of para-hydroxylation sites is 2. The van der Waals surface area contributed by atoms with Crippen LogP contribution in [0.4, 0.5) is 15.8 Å². The van der Waals surface area contributed by atoms with Gasteiger partial charge in [0.05, 0.1) is 10.9 Å². The Hall–Kier alpha value is -6.33. The van der Waals surface area contributed by atoms with Crippen LogP contribution in [0, 0.1) is 5.82 Å². The second-order valence-corrected chi connectivity index (χ2v) is 12.6. The van der Waals surface area contributed by atoms with Gasteiger partial charge < -0.3 is 15.1 Å². The maximum atomic E-state index is 13.9. The maximum absolute atomic E-state index is 13.9.